The lowest BCUT2D eigenvalue weighted by molar-refractivity contribution is -0.138. The van der Waals surface area contributed by atoms with Crippen LogP contribution in [0.1, 0.15) is 6.92 Å². The van der Waals surface area contributed by atoms with Gasteiger partial charge in [0.25, 0.3) is 0 Å². The highest BCUT2D eigenvalue weighted by atomic mass is 31.1. The molecule has 7 heteroatoms. The number of esters is 1. The maximum atomic E-state index is 11.2. The van der Waals surface area contributed by atoms with Crippen LogP contribution in [0.25, 0.3) is 0 Å². The molecule has 2 unspecified atom stereocenters. The summed E-state index contributed by atoms with van der Waals surface area (Å²) in [5, 5.41) is 0. The molecule has 16 heavy (non-hydrogen) atoms. The van der Waals surface area contributed by atoms with E-state index in [-0.39, 0.29) is 19.3 Å². The van der Waals surface area contributed by atoms with Crippen molar-refractivity contribution >= 4 is 14.2 Å². The Morgan fingerprint density at radius 1 is 1.50 bits per heavy atom. The van der Waals surface area contributed by atoms with Crippen LogP contribution in [0.15, 0.2) is 12.7 Å². The molecule has 0 aromatic carbocycles. The van der Waals surface area contributed by atoms with Crippen molar-refractivity contribution in [1.29, 1.82) is 0 Å². The van der Waals surface area contributed by atoms with Gasteiger partial charge in [-0.15, -0.1) is 0 Å². The third kappa shape index (κ3) is 8.61. The van der Waals surface area contributed by atoms with Gasteiger partial charge in [0.05, 0.1) is 19.3 Å². The Morgan fingerprint density at radius 2 is 2.19 bits per heavy atom. The van der Waals surface area contributed by atoms with Crippen molar-refractivity contribution in [2.24, 2.45) is 0 Å². The third-order valence-corrected chi connectivity index (χ3v) is 2.45. The van der Waals surface area contributed by atoms with Gasteiger partial charge in [0, 0.05) is 13.2 Å². The van der Waals surface area contributed by atoms with Crippen molar-refractivity contribution in [2.75, 3.05) is 26.9 Å². The van der Waals surface area contributed by atoms with E-state index >= 15 is 0 Å². The first-order valence-corrected chi connectivity index (χ1v) is 5.94. The normalized spacial score (nSPS) is 14.1. The summed E-state index contributed by atoms with van der Waals surface area (Å²) < 4.78 is 30.3. The van der Waals surface area contributed by atoms with E-state index in [0.29, 0.717) is 6.61 Å². The summed E-state index contributed by atoms with van der Waals surface area (Å²) in [6.45, 7) is 5.32. The molecule has 0 aliphatic carbocycles. The minimum absolute atomic E-state index is 0.0171. The van der Waals surface area contributed by atoms with E-state index in [1.165, 1.54) is 7.11 Å². The zero-order valence-electron chi connectivity index (χ0n) is 9.43. The van der Waals surface area contributed by atoms with Crippen LogP contribution in [0.3, 0.4) is 0 Å². The molecule has 0 aliphatic rings. The Bertz CT molecular complexity index is 242. The predicted molar refractivity (Wildman–Crippen MR) is 58.5 cm³/mol. The molecule has 6 nitrogen and oxygen atoms in total. The number of hydrogen-bond donors (Lipinski definition) is 0. The minimum atomic E-state index is -2.56. The van der Waals surface area contributed by atoms with E-state index < -0.39 is 14.2 Å². The zero-order chi connectivity index (χ0) is 12.4. The summed E-state index contributed by atoms with van der Waals surface area (Å²) >= 11 is 0. The van der Waals surface area contributed by atoms with E-state index in [1.54, 1.807) is 6.92 Å². The number of carbonyl (C=O) groups excluding carboxylic acids is 1. The van der Waals surface area contributed by atoms with Crippen molar-refractivity contribution < 1.29 is 27.9 Å². The Balaban J connectivity index is 3.50. The van der Waals surface area contributed by atoms with E-state index in [2.05, 4.69) is 11.3 Å². The number of hydrogen-bond acceptors (Lipinski definition) is 6. The van der Waals surface area contributed by atoms with Gasteiger partial charge in [0.2, 0.25) is 0 Å². The molecule has 0 saturated heterocycles. The fourth-order valence-corrected chi connectivity index (χ4v) is 1.51. The largest absolute Gasteiger partial charge is 0.460 e. The molecule has 0 bridgehead atoms. The summed E-state index contributed by atoms with van der Waals surface area (Å²) in [6.07, 6.45) is 0.743. The Morgan fingerprint density at radius 3 is 2.75 bits per heavy atom. The summed E-state index contributed by atoms with van der Waals surface area (Å²) in [5.41, 5.74) is 0. The van der Waals surface area contributed by atoms with Gasteiger partial charge in [-0.1, -0.05) is 6.58 Å². The molecular weight excluding hydrogens is 235 g/mol. The SMILES string of the molecule is C=CC(=O)OCCO[PH](=O)OC(C)COC. The average Bonchev–Trinajstić information content (AvgIpc) is 2.24. The molecule has 94 valence electrons. The predicted octanol–water partition coefficient (Wildman–Crippen LogP) is 1.17. The first kappa shape index (κ1) is 15.3. The molecule has 0 amide bonds. The molecule has 0 aliphatic heterocycles. The lowest BCUT2D eigenvalue weighted by Crippen LogP contribution is -2.12. The first-order valence-electron chi connectivity index (χ1n) is 4.71. The van der Waals surface area contributed by atoms with E-state index in [4.69, 9.17) is 13.8 Å². The highest BCUT2D eigenvalue weighted by Crippen LogP contribution is 2.25. The van der Waals surface area contributed by atoms with Crippen molar-refractivity contribution in [3.63, 3.8) is 0 Å². The highest BCUT2D eigenvalue weighted by Gasteiger charge is 2.07. The van der Waals surface area contributed by atoms with Crippen molar-refractivity contribution in [3.05, 3.63) is 12.7 Å². The standard InChI is InChI=1S/C9H17O6P/c1-4-9(10)13-5-6-14-16(11)15-8(2)7-12-3/h4,8,16H,1,5-7H2,2-3H3. The van der Waals surface area contributed by atoms with Gasteiger partial charge in [-0.2, -0.15) is 0 Å². The van der Waals surface area contributed by atoms with E-state index in [1.807, 2.05) is 0 Å². The quantitative estimate of drug-likeness (QED) is 0.265. The van der Waals surface area contributed by atoms with Crippen molar-refractivity contribution in [1.82, 2.24) is 0 Å². The van der Waals surface area contributed by atoms with Crippen LogP contribution >= 0.6 is 8.25 Å². The topological polar surface area (TPSA) is 71.1 Å². The summed E-state index contributed by atoms with van der Waals surface area (Å²) in [7, 11) is -1.04. The Labute approximate surface area is 95.5 Å². The monoisotopic (exact) mass is 252 g/mol. The van der Waals surface area contributed by atoms with Gasteiger partial charge in [-0.25, -0.2) is 4.79 Å². The molecular formula is C9H17O6P. The molecule has 0 fully saturated rings. The summed E-state index contributed by atoms with van der Waals surface area (Å²) in [6, 6.07) is 0. The van der Waals surface area contributed by atoms with Gasteiger partial charge in [-0.05, 0) is 6.92 Å². The molecule has 0 saturated carbocycles. The number of methoxy groups -OCH3 is 1. The molecule has 2 atom stereocenters. The first-order chi connectivity index (χ1) is 7.60. The summed E-state index contributed by atoms with van der Waals surface area (Å²) in [5.74, 6) is -0.544. The van der Waals surface area contributed by atoms with E-state index in [0.717, 1.165) is 6.08 Å². The smallest absolute Gasteiger partial charge is 0.330 e. The van der Waals surface area contributed by atoms with Gasteiger partial charge in [-0.3, -0.25) is 4.57 Å². The molecule has 0 aromatic rings. The second-order valence-electron chi connectivity index (χ2n) is 2.85. The van der Waals surface area contributed by atoms with Crippen LogP contribution in [-0.4, -0.2) is 39.0 Å². The second kappa shape index (κ2) is 9.54. The van der Waals surface area contributed by atoms with Gasteiger partial charge >= 0.3 is 14.2 Å². The van der Waals surface area contributed by atoms with Crippen LogP contribution < -0.4 is 0 Å². The molecule has 0 aromatic heterocycles. The van der Waals surface area contributed by atoms with Crippen LogP contribution in [0.5, 0.6) is 0 Å². The fraction of sp³-hybridized carbons (Fsp3) is 0.667. The number of ether oxygens (including phenoxy) is 2. The molecule has 0 N–H and O–H groups in total. The molecule has 0 rings (SSSR count). The Kier molecular flexibility index (Phi) is 9.13. The van der Waals surface area contributed by atoms with E-state index in [9.17, 15) is 9.36 Å². The fourth-order valence-electron chi connectivity index (χ4n) is 0.793. The van der Waals surface area contributed by atoms with Crippen molar-refractivity contribution in [2.45, 2.75) is 13.0 Å². The Hall–Kier alpha value is -0.680. The number of rotatable bonds is 9. The third-order valence-electron chi connectivity index (χ3n) is 1.41. The van der Waals surface area contributed by atoms with Crippen LogP contribution in [0.4, 0.5) is 0 Å². The zero-order valence-corrected chi connectivity index (χ0v) is 10.4. The maximum absolute atomic E-state index is 11.2. The van der Waals surface area contributed by atoms with Crippen LogP contribution in [0, 0.1) is 0 Å². The molecule has 0 radical (unpaired) electrons. The van der Waals surface area contributed by atoms with Gasteiger partial charge in [0.15, 0.2) is 0 Å². The molecule has 0 heterocycles. The lowest BCUT2D eigenvalue weighted by atomic mass is 10.5. The number of carbonyl (C=O) groups is 1. The minimum Gasteiger partial charge on any atom is -0.460 e. The van der Waals surface area contributed by atoms with Crippen molar-refractivity contribution in [3.8, 4) is 0 Å². The summed E-state index contributed by atoms with van der Waals surface area (Å²) in [4.78, 5) is 10.6. The highest BCUT2D eigenvalue weighted by molar-refractivity contribution is 7.33. The van der Waals surface area contributed by atoms with Crippen LogP contribution in [-0.2, 0) is 27.9 Å². The lowest BCUT2D eigenvalue weighted by Gasteiger charge is -2.11. The second-order valence-corrected chi connectivity index (χ2v) is 3.88. The van der Waals surface area contributed by atoms with Gasteiger partial charge < -0.3 is 18.5 Å². The molecule has 0 spiro atoms. The maximum Gasteiger partial charge on any atom is 0.330 e. The average molecular weight is 252 g/mol. The van der Waals surface area contributed by atoms with Crippen LogP contribution in [0.2, 0.25) is 0 Å². The van der Waals surface area contributed by atoms with Gasteiger partial charge in [0.1, 0.15) is 6.61 Å².